The summed E-state index contributed by atoms with van der Waals surface area (Å²) in [6, 6.07) is -1.02. The van der Waals surface area contributed by atoms with Crippen LogP contribution in [0.15, 0.2) is 0 Å². The zero-order chi connectivity index (χ0) is 16.0. The molecule has 0 saturated carbocycles. The van der Waals surface area contributed by atoms with Gasteiger partial charge in [0.25, 0.3) is 0 Å². The minimum absolute atomic E-state index is 0.106. The van der Waals surface area contributed by atoms with E-state index in [1.54, 1.807) is 0 Å². The van der Waals surface area contributed by atoms with E-state index in [2.05, 4.69) is 10.1 Å². The molecule has 0 bridgehead atoms. The molecule has 0 unspecified atom stereocenters. The van der Waals surface area contributed by atoms with Gasteiger partial charge in [0.15, 0.2) is 6.29 Å². The predicted molar refractivity (Wildman–Crippen MR) is 68.0 cm³/mol. The molecule has 1 amide bonds. The number of aliphatic hydroxyl groups excluding tert-OH is 3. The standard InChI is InChI=1S/C12H21NO8/c1-19-8(16)4-3-7(15)13-9-11(18)10(17)6(5-14)21-12(9)20-2/h6,9-12,14,17-18H,3-5H2,1-2H3,(H,13,15)/t6-,9-,10-,11-,12+/m1/s1. The number of hydrogen-bond acceptors (Lipinski definition) is 8. The highest BCUT2D eigenvalue weighted by Gasteiger charge is 2.45. The molecule has 0 aliphatic carbocycles. The first-order chi connectivity index (χ1) is 9.94. The van der Waals surface area contributed by atoms with Crippen molar-refractivity contribution in [3.05, 3.63) is 0 Å². The molecule has 9 nitrogen and oxygen atoms in total. The molecule has 1 saturated heterocycles. The van der Waals surface area contributed by atoms with E-state index in [0.717, 1.165) is 0 Å². The maximum atomic E-state index is 11.7. The lowest BCUT2D eigenvalue weighted by Gasteiger charge is -2.41. The third-order valence-corrected chi connectivity index (χ3v) is 3.22. The van der Waals surface area contributed by atoms with E-state index in [0.29, 0.717) is 0 Å². The van der Waals surface area contributed by atoms with Crippen LogP contribution in [0, 0.1) is 0 Å². The molecule has 1 heterocycles. The summed E-state index contributed by atoms with van der Waals surface area (Å²) in [6.45, 7) is -0.499. The van der Waals surface area contributed by atoms with Gasteiger partial charge in [-0.25, -0.2) is 0 Å². The fourth-order valence-electron chi connectivity index (χ4n) is 2.01. The lowest BCUT2D eigenvalue weighted by atomic mass is 9.97. The lowest BCUT2D eigenvalue weighted by Crippen LogP contribution is -2.64. The van der Waals surface area contributed by atoms with E-state index in [4.69, 9.17) is 14.6 Å². The first kappa shape index (κ1) is 17.8. The smallest absolute Gasteiger partial charge is 0.306 e. The summed E-state index contributed by atoms with van der Waals surface area (Å²) in [5, 5.41) is 31.2. The Hall–Kier alpha value is -1.26. The third kappa shape index (κ3) is 4.61. The normalized spacial score (nSPS) is 32.5. The summed E-state index contributed by atoms with van der Waals surface area (Å²) in [6.07, 6.45) is -5.01. The van der Waals surface area contributed by atoms with Gasteiger partial charge in [-0.3, -0.25) is 9.59 Å². The second-order valence-corrected chi connectivity index (χ2v) is 4.61. The van der Waals surface area contributed by atoms with E-state index in [9.17, 15) is 19.8 Å². The predicted octanol–water partition coefficient (Wildman–Crippen LogP) is -2.49. The number of rotatable bonds is 6. The van der Waals surface area contributed by atoms with Crippen molar-refractivity contribution in [2.24, 2.45) is 0 Å². The molecule has 0 radical (unpaired) electrons. The number of carbonyl (C=O) groups excluding carboxylic acids is 2. The number of hydrogen-bond donors (Lipinski definition) is 4. The van der Waals surface area contributed by atoms with E-state index < -0.39 is 49.1 Å². The second-order valence-electron chi connectivity index (χ2n) is 4.61. The maximum Gasteiger partial charge on any atom is 0.306 e. The lowest BCUT2D eigenvalue weighted by molar-refractivity contribution is -0.262. The zero-order valence-corrected chi connectivity index (χ0v) is 11.9. The van der Waals surface area contributed by atoms with Crippen LogP contribution in [0.3, 0.4) is 0 Å². The summed E-state index contributed by atoms with van der Waals surface area (Å²) in [7, 11) is 2.52. The summed E-state index contributed by atoms with van der Waals surface area (Å²) < 4.78 is 14.6. The molecule has 4 N–H and O–H groups in total. The molecule has 0 aromatic rings. The molecule has 0 aromatic heterocycles. The zero-order valence-electron chi connectivity index (χ0n) is 11.9. The van der Waals surface area contributed by atoms with Crippen LogP contribution in [0.2, 0.25) is 0 Å². The van der Waals surface area contributed by atoms with Crippen LogP contribution in [0.25, 0.3) is 0 Å². The Morgan fingerprint density at radius 1 is 1.19 bits per heavy atom. The van der Waals surface area contributed by atoms with E-state index in [-0.39, 0.29) is 12.8 Å². The van der Waals surface area contributed by atoms with E-state index >= 15 is 0 Å². The topological polar surface area (TPSA) is 135 Å². The molecule has 122 valence electrons. The average Bonchev–Trinajstić information content (AvgIpc) is 2.49. The molecular formula is C12H21NO8. The van der Waals surface area contributed by atoms with Gasteiger partial charge in [0.05, 0.1) is 20.1 Å². The first-order valence-electron chi connectivity index (χ1n) is 6.46. The molecule has 1 aliphatic heterocycles. The van der Waals surface area contributed by atoms with Crippen molar-refractivity contribution in [1.29, 1.82) is 0 Å². The molecule has 0 aromatic carbocycles. The summed E-state index contributed by atoms with van der Waals surface area (Å²) in [5.74, 6) is -1.06. The number of carbonyl (C=O) groups is 2. The highest BCUT2D eigenvalue weighted by Crippen LogP contribution is 2.21. The van der Waals surface area contributed by atoms with Gasteiger partial charge >= 0.3 is 5.97 Å². The van der Waals surface area contributed by atoms with Gasteiger partial charge in [-0.1, -0.05) is 0 Å². The Morgan fingerprint density at radius 2 is 1.86 bits per heavy atom. The Morgan fingerprint density at radius 3 is 2.38 bits per heavy atom. The van der Waals surface area contributed by atoms with Crippen molar-refractivity contribution >= 4 is 11.9 Å². The van der Waals surface area contributed by atoms with Gasteiger partial charge in [-0.15, -0.1) is 0 Å². The van der Waals surface area contributed by atoms with Crippen molar-refractivity contribution in [2.45, 2.75) is 43.5 Å². The minimum Gasteiger partial charge on any atom is -0.469 e. The number of methoxy groups -OCH3 is 2. The summed E-state index contributed by atoms with van der Waals surface area (Å²) in [4.78, 5) is 22.7. The third-order valence-electron chi connectivity index (χ3n) is 3.22. The van der Waals surface area contributed by atoms with Gasteiger partial charge in [-0.05, 0) is 0 Å². The molecule has 1 aliphatic rings. The summed E-state index contributed by atoms with van der Waals surface area (Å²) in [5.41, 5.74) is 0. The summed E-state index contributed by atoms with van der Waals surface area (Å²) >= 11 is 0. The van der Waals surface area contributed by atoms with Crippen molar-refractivity contribution in [2.75, 3.05) is 20.8 Å². The first-order valence-corrected chi connectivity index (χ1v) is 6.46. The monoisotopic (exact) mass is 307 g/mol. The Kier molecular flexibility index (Phi) is 6.99. The van der Waals surface area contributed by atoms with Crippen LogP contribution in [-0.2, 0) is 23.8 Å². The van der Waals surface area contributed by atoms with Crippen molar-refractivity contribution < 1.29 is 39.1 Å². The molecule has 5 atom stereocenters. The van der Waals surface area contributed by atoms with Crippen LogP contribution >= 0.6 is 0 Å². The number of amides is 1. The minimum atomic E-state index is -1.37. The van der Waals surface area contributed by atoms with Gasteiger partial charge in [0, 0.05) is 13.5 Å². The van der Waals surface area contributed by atoms with Crippen LogP contribution in [0.1, 0.15) is 12.8 Å². The van der Waals surface area contributed by atoms with Crippen LogP contribution in [-0.4, -0.2) is 78.7 Å². The molecule has 1 fully saturated rings. The van der Waals surface area contributed by atoms with Gasteiger partial charge in [-0.2, -0.15) is 0 Å². The highest BCUT2D eigenvalue weighted by atomic mass is 16.7. The maximum absolute atomic E-state index is 11.7. The fourth-order valence-corrected chi connectivity index (χ4v) is 2.01. The number of ether oxygens (including phenoxy) is 3. The number of nitrogens with one attached hydrogen (secondary N) is 1. The molecule has 1 rings (SSSR count). The van der Waals surface area contributed by atoms with Gasteiger partial charge in [0.2, 0.25) is 5.91 Å². The molecule has 21 heavy (non-hydrogen) atoms. The fraction of sp³-hybridized carbons (Fsp3) is 0.833. The SMILES string of the molecule is COC(=O)CCC(=O)N[C@H]1[C@@H](OC)O[C@H](CO)[C@@H](O)[C@@H]1O. The number of esters is 1. The quantitative estimate of drug-likeness (QED) is 0.396. The average molecular weight is 307 g/mol. The van der Waals surface area contributed by atoms with E-state index in [1.165, 1.54) is 14.2 Å². The van der Waals surface area contributed by atoms with Crippen molar-refractivity contribution in [3.63, 3.8) is 0 Å². The Balaban J connectivity index is 2.62. The second kappa shape index (κ2) is 8.25. The van der Waals surface area contributed by atoms with Crippen molar-refractivity contribution in [1.82, 2.24) is 5.32 Å². The molecule has 9 heteroatoms. The molecule has 0 spiro atoms. The van der Waals surface area contributed by atoms with Crippen LogP contribution in [0.5, 0.6) is 0 Å². The van der Waals surface area contributed by atoms with E-state index in [1.807, 2.05) is 0 Å². The van der Waals surface area contributed by atoms with Gasteiger partial charge in [0.1, 0.15) is 24.4 Å². The molecular weight excluding hydrogens is 286 g/mol. The van der Waals surface area contributed by atoms with Crippen LogP contribution in [0.4, 0.5) is 0 Å². The Bertz CT molecular complexity index is 361. The largest absolute Gasteiger partial charge is 0.469 e. The Labute approximate surface area is 121 Å². The highest BCUT2D eigenvalue weighted by molar-refractivity contribution is 5.81. The van der Waals surface area contributed by atoms with Gasteiger partial charge < -0.3 is 34.8 Å². The number of aliphatic hydroxyl groups is 3. The van der Waals surface area contributed by atoms with Crippen molar-refractivity contribution in [3.8, 4) is 0 Å². The van der Waals surface area contributed by atoms with Crippen LogP contribution < -0.4 is 5.32 Å².